The predicted octanol–water partition coefficient (Wildman–Crippen LogP) is 3.73. The molecule has 0 spiro atoms. The first kappa shape index (κ1) is 18.9. The Bertz CT molecular complexity index is 897. The second kappa shape index (κ2) is 9.20. The molecular weight excluding hydrogens is 344 g/mol. The normalized spacial score (nSPS) is 12.8. The minimum Gasteiger partial charge on any atom is -0.489 e. The van der Waals surface area contributed by atoms with Gasteiger partial charge in [0.2, 0.25) is 0 Å². The molecule has 0 aliphatic heterocycles. The molecule has 0 radical (unpaired) electrons. The van der Waals surface area contributed by atoms with Crippen LogP contribution in [0.15, 0.2) is 28.9 Å². The molecule has 0 saturated carbocycles. The van der Waals surface area contributed by atoms with E-state index in [1.54, 1.807) is 12.3 Å². The standard InChI is InChI=1S/C22H22O5/c1-2-10-25-11-3-5-18(23)6-4-12-26-22-20-15-19(24)8-7-16(20)14-17-9-13-27-21(17)22/h1,7-9,13-14H,3-6,10-12,15H2. The number of carbonyl (C=O) groups is 2. The number of allylic oxidation sites excluding steroid dienone is 1. The quantitative estimate of drug-likeness (QED) is 0.473. The first-order valence-electron chi connectivity index (χ1n) is 9.08. The second-order valence-electron chi connectivity index (χ2n) is 6.44. The monoisotopic (exact) mass is 366 g/mol. The summed E-state index contributed by atoms with van der Waals surface area (Å²) in [6, 6.07) is 3.87. The largest absolute Gasteiger partial charge is 0.489 e. The van der Waals surface area contributed by atoms with Crippen molar-refractivity contribution in [3.8, 4) is 18.1 Å². The Morgan fingerprint density at radius 2 is 2.04 bits per heavy atom. The van der Waals surface area contributed by atoms with Crippen molar-refractivity contribution >= 4 is 28.6 Å². The fourth-order valence-electron chi connectivity index (χ4n) is 3.11. The van der Waals surface area contributed by atoms with Crippen LogP contribution in [-0.4, -0.2) is 31.4 Å². The molecule has 0 amide bonds. The van der Waals surface area contributed by atoms with E-state index < -0.39 is 0 Å². The summed E-state index contributed by atoms with van der Waals surface area (Å²) in [7, 11) is 0. The number of terminal acetylenes is 1. The number of furan rings is 1. The molecule has 5 heteroatoms. The lowest BCUT2D eigenvalue weighted by atomic mass is 9.94. The van der Waals surface area contributed by atoms with E-state index in [0.29, 0.717) is 56.7 Å². The summed E-state index contributed by atoms with van der Waals surface area (Å²) in [4.78, 5) is 23.7. The fourth-order valence-corrected chi connectivity index (χ4v) is 3.11. The number of rotatable bonds is 10. The van der Waals surface area contributed by atoms with Crippen molar-refractivity contribution in [2.24, 2.45) is 0 Å². The molecule has 27 heavy (non-hydrogen) atoms. The Morgan fingerprint density at radius 3 is 2.85 bits per heavy atom. The van der Waals surface area contributed by atoms with Crippen LogP contribution < -0.4 is 4.74 Å². The van der Waals surface area contributed by atoms with Gasteiger partial charge in [-0.25, -0.2) is 0 Å². The number of hydrogen-bond donors (Lipinski definition) is 0. The molecule has 0 atom stereocenters. The minimum atomic E-state index is 0.0421. The lowest BCUT2D eigenvalue weighted by molar-refractivity contribution is -0.119. The number of benzene rings is 1. The molecule has 5 nitrogen and oxygen atoms in total. The molecule has 1 aromatic heterocycles. The molecular formula is C22H22O5. The van der Waals surface area contributed by atoms with Crippen molar-refractivity contribution in [2.75, 3.05) is 19.8 Å². The lowest BCUT2D eigenvalue weighted by Gasteiger charge is -2.16. The van der Waals surface area contributed by atoms with Gasteiger partial charge in [0.05, 0.1) is 12.9 Å². The summed E-state index contributed by atoms with van der Waals surface area (Å²) in [6.45, 7) is 1.17. The SMILES string of the molecule is C#CCOCCCC(=O)CCCOc1c2c(cc3ccoc13)C=CC(=O)C2. The Hall–Kier alpha value is -2.84. The Morgan fingerprint density at radius 1 is 1.22 bits per heavy atom. The van der Waals surface area contributed by atoms with Gasteiger partial charge in [0.15, 0.2) is 17.1 Å². The molecule has 3 rings (SSSR count). The van der Waals surface area contributed by atoms with E-state index in [2.05, 4.69) is 5.92 Å². The molecule has 140 valence electrons. The zero-order chi connectivity index (χ0) is 19.1. The van der Waals surface area contributed by atoms with Crippen LogP contribution in [0.2, 0.25) is 0 Å². The zero-order valence-corrected chi connectivity index (χ0v) is 15.2. The molecule has 0 unspecified atom stereocenters. The smallest absolute Gasteiger partial charge is 0.176 e. The summed E-state index contributed by atoms with van der Waals surface area (Å²) in [5.41, 5.74) is 2.47. The average Bonchev–Trinajstić information content (AvgIpc) is 3.12. The molecule has 0 saturated heterocycles. The second-order valence-corrected chi connectivity index (χ2v) is 6.44. The minimum absolute atomic E-state index is 0.0421. The molecule has 0 N–H and O–H groups in total. The fraction of sp³-hybridized carbons (Fsp3) is 0.364. The number of Topliss-reactive ketones (excluding diaryl/α,β-unsaturated/α-hetero) is 1. The maximum atomic E-state index is 11.9. The first-order chi connectivity index (χ1) is 13.2. The average molecular weight is 366 g/mol. The van der Waals surface area contributed by atoms with Gasteiger partial charge in [0, 0.05) is 36.8 Å². The number of carbonyl (C=O) groups excluding carboxylic acids is 2. The molecule has 0 bridgehead atoms. The van der Waals surface area contributed by atoms with Crippen LogP contribution in [0, 0.1) is 12.3 Å². The number of ketones is 2. The Labute approximate surface area is 158 Å². The van der Waals surface area contributed by atoms with E-state index in [4.69, 9.17) is 20.3 Å². The number of fused-ring (bicyclic) bond motifs is 2. The van der Waals surface area contributed by atoms with Crippen LogP contribution in [0.4, 0.5) is 0 Å². The number of hydrogen-bond acceptors (Lipinski definition) is 5. The molecule has 1 heterocycles. The van der Waals surface area contributed by atoms with E-state index >= 15 is 0 Å². The Kier molecular flexibility index (Phi) is 6.45. The molecule has 1 aromatic carbocycles. The summed E-state index contributed by atoms with van der Waals surface area (Å²) < 4.78 is 16.7. The van der Waals surface area contributed by atoms with Crippen LogP contribution in [0.1, 0.15) is 36.8 Å². The summed E-state index contributed by atoms with van der Waals surface area (Å²) in [5.74, 6) is 3.23. The highest BCUT2D eigenvalue weighted by Gasteiger charge is 2.20. The van der Waals surface area contributed by atoms with Gasteiger partial charge >= 0.3 is 0 Å². The van der Waals surface area contributed by atoms with Crippen molar-refractivity contribution in [1.82, 2.24) is 0 Å². The summed E-state index contributed by atoms with van der Waals surface area (Å²) in [5, 5.41) is 0.936. The zero-order valence-electron chi connectivity index (χ0n) is 15.2. The Balaban J connectivity index is 1.54. The van der Waals surface area contributed by atoms with Crippen LogP contribution in [0.25, 0.3) is 17.0 Å². The highest BCUT2D eigenvalue weighted by molar-refractivity contribution is 6.01. The van der Waals surface area contributed by atoms with E-state index in [0.717, 1.165) is 16.5 Å². The highest BCUT2D eigenvalue weighted by atomic mass is 16.5. The van der Waals surface area contributed by atoms with Gasteiger partial charge in [0.25, 0.3) is 0 Å². The van der Waals surface area contributed by atoms with Crippen LogP contribution in [0.5, 0.6) is 5.75 Å². The third kappa shape index (κ3) is 4.87. The maximum Gasteiger partial charge on any atom is 0.176 e. The van der Waals surface area contributed by atoms with E-state index in [1.165, 1.54) is 0 Å². The van der Waals surface area contributed by atoms with Crippen molar-refractivity contribution in [3.63, 3.8) is 0 Å². The van der Waals surface area contributed by atoms with Gasteiger partial charge < -0.3 is 13.9 Å². The van der Waals surface area contributed by atoms with Crippen molar-refractivity contribution < 1.29 is 23.5 Å². The van der Waals surface area contributed by atoms with Crippen molar-refractivity contribution in [3.05, 3.63) is 35.6 Å². The van der Waals surface area contributed by atoms with Crippen LogP contribution in [-0.2, 0) is 20.7 Å². The summed E-state index contributed by atoms with van der Waals surface area (Å²) >= 11 is 0. The van der Waals surface area contributed by atoms with Crippen molar-refractivity contribution in [2.45, 2.75) is 32.1 Å². The molecule has 2 aromatic rings. The topological polar surface area (TPSA) is 65.7 Å². The van der Waals surface area contributed by atoms with Gasteiger partial charge in [-0.3, -0.25) is 9.59 Å². The number of ether oxygens (including phenoxy) is 2. The lowest BCUT2D eigenvalue weighted by Crippen LogP contribution is -2.10. The van der Waals surface area contributed by atoms with Gasteiger partial charge in [-0.05, 0) is 36.6 Å². The van der Waals surface area contributed by atoms with Crippen LogP contribution in [0.3, 0.4) is 0 Å². The van der Waals surface area contributed by atoms with Gasteiger partial charge in [0.1, 0.15) is 12.4 Å². The van der Waals surface area contributed by atoms with Gasteiger partial charge in [-0.1, -0.05) is 12.0 Å². The predicted molar refractivity (Wildman–Crippen MR) is 103 cm³/mol. The van der Waals surface area contributed by atoms with E-state index in [-0.39, 0.29) is 18.2 Å². The highest BCUT2D eigenvalue weighted by Crippen LogP contribution is 2.36. The maximum absolute atomic E-state index is 11.9. The van der Waals surface area contributed by atoms with Gasteiger partial charge in [-0.15, -0.1) is 6.42 Å². The summed E-state index contributed by atoms with van der Waals surface area (Å²) in [6.07, 6.45) is 12.6. The van der Waals surface area contributed by atoms with Crippen LogP contribution >= 0.6 is 0 Å². The van der Waals surface area contributed by atoms with E-state index in [9.17, 15) is 9.59 Å². The molecule has 1 aliphatic carbocycles. The molecule has 0 fully saturated rings. The molecule has 1 aliphatic rings. The van der Waals surface area contributed by atoms with Gasteiger partial charge in [-0.2, -0.15) is 0 Å². The third-order valence-electron chi connectivity index (χ3n) is 4.41. The third-order valence-corrected chi connectivity index (χ3v) is 4.41. The first-order valence-corrected chi connectivity index (χ1v) is 9.08. The van der Waals surface area contributed by atoms with Crippen molar-refractivity contribution in [1.29, 1.82) is 0 Å². The van der Waals surface area contributed by atoms with E-state index in [1.807, 2.05) is 18.2 Å².